The Morgan fingerprint density at radius 1 is 0.480 bits per heavy atom. The number of hydrogen-bond donors (Lipinski definition) is 0. The highest BCUT2D eigenvalue weighted by Crippen LogP contribution is 2.63. The number of nitrogens with zero attached hydrogens (tertiary/aromatic N) is 4. The first kappa shape index (κ1) is 28.6. The first-order valence-corrected chi connectivity index (χ1v) is 17.4. The van der Waals surface area contributed by atoms with Gasteiger partial charge in [0, 0.05) is 26.5 Å². The van der Waals surface area contributed by atoms with Gasteiger partial charge < -0.3 is 0 Å². The summed E-state index contributed by atoms with van der Waals surface area (Å²) in [6.45, 7) is 0. The van der Waals surface area contributed by atoms with E-state index in [-0.39, 0.29) is 0 Å². The average Bonchev–Trinajstić information content (AvgIpc) is 3.49. The van der Waals surface area contributed by atoms with Gasteiger partial charge in [0.1, 0.15) is 0 Å². The summed E-state index contributed by atoms with van der Waals surface area (Å²) in [4.78, 5) is 17.4. The number of rotatable bonds is 3. The summed E-state index contributed by atoms with van der Waals surface area (Å²) in [6, 6.07) is 57.3. The summed E-state index contributed by atoms with van der Waals surface area (Å²) in [5, 5.41) is 12.6. The standard InChI is InChI=1S/C45H26N4S/c46-27-28-19-23-39-37(25-28)45(35-18-10-9-17-34(35)41-33-16-8-7-11-29(33)20-22-36(41)45)38-26-32(21-24-40(38)50-39)44-48-42(30-12-3-1-4-13-30)47-43(49-44)31-14-5-2-6-15-31/h1-26H. The second kappa shape index (κ2) is 11.1. The lowest BCUT2D eigenvalue weighted by Gasteiger charge is -2.40. The Hall–Kier alpha value is -6.35. The fraction of sp³-hybridized carbons (Fsp3) is 0.0222. The molecule has 1 aliphatic carbocycles. The minimum absolute atomic E-state index is 0.613. The second-order valence-corrected chi connectivity index (χ2v) is 13.8. The Balaban J connectivity index is 1.29. The second-order valence-electron chi connectivity index (χ2n) is 12.7. The number of fused-ring (bicyclic) bond motifs is 11. The minimum Gasteiger partial charge on any atom is -0.208 e. The molecule has 4 nitrogen and oxygen atoms in total. The molecule has 0 N–H and O–H groups in total. The molecule has 1 aliphatic heterocycles. The van der Waals surface area contributed by atoms with E-state index in [9.17, 15) is 5.26 Å². The molecule has 1 aromatic heterocycles. The van der Waals surface area contributed by atoms with Crippen molar-refractivity contribution in [2.24, 2.45) is 0 Å². The lowest BCUT2D eigenvalue weighted by Crippen LogP contribution is -2.32. The van der Waals surface area contributed by atoms with Crippen molar-refractivity contribution in [3.63, 3.8) is 0 Å². The molecule has 0 radical (unpaired) electrons. The van der Waals surface area contributed by atoms with Gasteiger partial charge in [-0.15, -0.1) is 0 Å². The molecular formula is C45H26N4S. The van der Waals surface area contributed by atoms with Crippen molar-refractivity contribution < 1.29 is 0 Å². The van der Waals surface area contributed by atoms with Gasteiger partial charge in [-0.25, -0.2) is 15.0 Å². The molecule has 0 saturated carbocycles. The van der Waals surface area contributed by atoms with E-state index in [0.29, 0.717) is 23.0 Å². The van der Waals surface area contributed by atoms with Crippen LogP contribution in [0.15, 0.2) is 168 Å². The molecule has 1 spiro atoms. The van der Waals surface area contributed by atoms with Crippen LogP contribution in [0.4, 0.5) is 0 Å². The van der Waals surface area contributed by atoms with Gasteiger partial charge in [-0.05, 0) is 74.5 Å². The topological polar surface area (TPSA) is 62.5 Å². The van der Waals surface area contributed by atoms with Crippen LogP contribution < -0.4 is 0 Å². The molecule has 232 valence electrons. The SMILES string of the molecule is N#Cc1ccc2c(c1)C1(c3cc(-c4nc(-c5ccccc5)nc(-c5ccccc5)n4)ccc3S2)c2ccccc2-c2c1ccc1ccccc21. The third-order valence-corrected chi connectivity index (χ3v) is 11.2. The van der Waals surface area contributed by atoms with Gasteiger partial charge in [-0.2, -0.15) is 5.26 Å². The highest BCUT2D eigenvalue weighted by atomic mass is 32.2. The van der Waals surface area contributed by atoms with Crippen LogP contribution in [-0.4, -0.2) is 15.0 Å². The molecule has 5 heteroatoms. The molecule has 2 heterocycles. The fourth-order valence-corrected chi connectivity index (χ4v) is 9.01. The Morgan fingerprint density at radius 2 is 1.08 bits per heavy atom. The summed E-state index contributed by atoms with van der Waals surface area (Å²) in [7, 11) is 0. The summed E-state index contributed by atoms with van der Waals surface area (Å²) in [5.41, 5.74) is 9.94. The molecule has 1 atom stereocenters. The smallest absolute Gasteiger partial charge is 0.164 e. The van der Waals surface area contributed by atoms with E-state index in [1.165, 1.54) is 37.9 Å². The summed E-state index contributed by atoms with van der Waals surface area (Å²) in [5.74, 6) is 1.87. The van der Waals surface area contributed by atoms with E-state index in [1.54, 1.807) is 11.8 Å². The van der Waals surface area contributed by atoms with E-state index in [2.05, 4.69) is 97.1 Å². The Kier molecular flexibility index (Phi) is 6.36. The van der Waals surface area contributed by atoms with E-state index < -0.39 is 5.41 Å². The molecular weight excluding hydrogens is 629 g/mol. The number of nitriles is 1. The van der Waals surface area contributed by atoms with Crippen LogP contribution in [0.3, 0.4) is 0 Å². The molecule has 8 aromatic rings. The quantitative estimate of drug-likeness (QED) is 0.190. The number of benzene rings is 7. The van der Waals surface area contributed by atoms with Crippen LogP contribution in [0, 0.1) is 11.3 Å². The fourth-order valence-electron chi connectivity index (χ4n) is 7.86. The minimum atomic E-state index is -0.660. The third-order valence-electron chi connectivity index (χ3n) is 10.0. The Morgan fingerprint density at radius 3 is 1.80 bits per heavy atom. The van der Waals surface area contributed by atoms with E-state index in [1.807, 2.05) is 66.7 Å². The van der Waals surface area contributed by atoms with Crippen LogP contribution >= 0.6 is 11.8 Å². The van der Waals surface area contributed by atoms with E-state index in [4.69, 9.17) is 15.0 Å². The lowest BCUT2D eigenvalue weighted by molar-refractivity contribution is 0.722. The van der Waals surface area contributed by atoms with E-state index in [0.717, 1.165) is 32.7 Å². The zero-order valence-electron chi connectivity index (χ0n) is 26.7. The molecule has 0 saturated heterocycles. The van der Waals surface area contributed by atoms with Gasteiger partial charge in [0.2, 0.25) is 0 Å². The van der Waals surface area contributed by atoms with Crippen molar-refractivity contribution in [3.05, 3.63) is 186 Å². The van der Waals surface area contributed by atoms with Crippen LogP contribution in [0.5, 0.6) is 0 Å². The maximum Gasteiger partial charge on any atom is 0.164 e. The van der Waals surface area contributed by atoms with Gasteiger partial charge >= 0.3 is 0 Å². The van der Waals surface area contributed by atoms with Crippen molar-refractivity contribution >= 4 is 22.5 Å². The van der Waals surface area contributed by atoms with Crippen LogP contribution in [0.2, 0.25) is 0 Å². The van der Waals surface area contributed by atoms with Crippen molar-refractivity contribution in [2.45, 2.75) is 15.2 Å². The largest absolute Gasteiger partial charge is 0.208 e. The highest BCUT2D eigenvalue weighted by molar-refractivity contribution is 7.99. The maximum absolute atomic E-state index is 10.2. The van der Waals surface area contributed by atoms with Crippen molar-refractivity contribution in [2.75, 3.05) is 0 Å². The Labute approximate surface area is 293 Å². The number of hydrogen-bond acceptors (Lipinski definition) is 5. The first-order valence-electron chi connectivity index (χ1n) is 16.6. The molecule has 0 bridgehead atoms. The van der Waals surface area contributed by atoms with Crippen molar-refractivity contribution in [3.8, 4) is 51.4 Å². The molecule has 7 aromatic carbocycles. The third kappa shape index (κ3) is 4.16. The Bertz CT molecular complexity index is 2640. The maximum atomic E-state index is 10.2. The molecule has 0 amide bonds. The molecule has 50 heavy (non-hydrogen) atoms. The summed E-state index contributed by atoms with van der Waals surface area (Å²) >= 11 is 1.76. The van der Waals surface area contributed by atoms with Gasteiger partial charge in [-0.1, -0.05) is 139 Å². The van der Waals surface area contributed by atoms with Gasteiger partial charge in [0.15, 0.2) is 17.5 Å². The molecule has 2 aliphatic rings. The summed E-state index contributed by atoms with van der Waals surface area (Å²) in [6.07, 6.45) is 0. The zero-order valence-corrected chi connectivity index (χ0v) is 27.5. The van der Waals surface area contributed by atoms with Gasteiger partial charge in [-0.3, -0.25) is 0 Å². The normalized spacial score (nSPS) is 15.2. The highest BCUT2D eigenvalue weighted by Gasteiger charge is 2.51. The van der Waals surface area contributed by atoms with E-state index >= 15 is 0 Å². The molecule has 0 fully saturated rings. The van der Waals surface area contributed by atoms with Gasteiger partial charge in [0.25, 0.3) is 0 Å². The monoisotopic (exact) mass is 654 g/mol. The lowest BCUT2D eigenvalue weighted by atomic mass is 9.66. The predicted molar refractivity (Wildman–Crippen MR) is 200 cm³/mol. The van der Waals surface area contributed by atoms with Crippen LogP contribution in [0.25, 0.3) is 56.1 Å². The number of aromatic nitrogens is 3. The van der Waals surface area contributed by atoms with Crippen LogP contribution in [-0.2, 0) is 5.41 Å². The predicted octanol–water partition coefficient (Wildman–Crippen LogP) is 10.7. The van der Waals surface area contributed by atoms with Gasteiger partial charge in [0.05, 0.1) is 17.0 Å². The molecule has 1 unspecified atom stereocenters. The summed E-state index contributed by atoms with van der Waals surface area (Å²) < 4.78 is 0. The van der Waals surface area contributed by atoms with Crippen molar-refractivity contribution in [1.29, 1.82) is 5.26 Å². The molecule has 10 rings (SSSR count). The average molecular weight is 655 g/mol. The van der Waals surface area contributed by atoms with Crippen molar-refractivity contribution in [1.82, 2.24) is 15.0 Å². The first-order chi connectivity index (χ1) is 24.7. The zero-order chi connectivity index (χ0) is 33.2. The van der Waals surface area contributed by atoms with Crippen LogP contribution in [0.1, 0.15) is 27.8 Å².